The van der Waals surface area contributed by atoms with Crippen LogP contribution in [0.1, 0.15) is 63.4 Å². The molecule has 8 heteroatoms. The standard InChI is InChI=1S/C25H36N4O4/c26-22(24(31)27-15-7-8-16-27)29(20-12-5-2-6-13-20)23(30)21-14-9-17-28(21)25(32)33-18-19-10-3-1-4-11-19/h1,3-4,10-11,20-22H,2,5-9,12-18,26H2. The van der Waals surface area contributed by atoms with Crippen LogP contribution in [0.5, 0.6) is 0 Å². The number of carbonyl (C=O) groups excluding carboxylic acids is 3. The van der Waals surface area contributed by atoms with Crippen LogP contribution < -0.4 is 5.73 Å². The summed E-state index contributed by atoms with van der Waals surface area (Å²) in [6.45, 7) is 2.02. The number of hydrogen-bond donors (Lipinski definition) is 1. The van der Waals surface area contributed by atoms with Crippen LogP contribution in [0.4, 0.5) is 4.79 Å². The third-order valence-corrected chi connectivity index (χ3v) is 7.17. The maximum atomic E-state index is 13.8. The zero-order valence-electron chi connectivity index (χ0n) is 19.4. The van der Waals surface area contributed by atoms with E-state index in [1.807, 2.05) is 30.3 Å². The highest BCUT2D eigenvalue weighted by atomic mass is 16.6. The number of likely N-dealkylation sites (tertiary alicyclic amines) is 2. The largest absolute Gasteiger partial charge is 0.445 e. The third-order valence-electron chi connectivity index (χ3n) is 7.17. The van der Waals surface area contributed by atoms with Crippen molar-refractivity contribution < 1.29 is 19.1 Å². The monoisotopic (exact) mass is 456 g/mol. The van der Waals surface area contributed by atoms with Gasteiger partial charge in [0.15, 0.2) is 6.17 Å². The maximum absolute atomic E-state index is 13.8. The van der Waals surface area contributed by atoms with Gasteiger partial charge in [0.1, 0.15) is 12.6 Å². The van der Waals surface area contributed by atoms with Crippen LogP contribution in [0.3, 0.4) is 0 Å². The smallest absolute Gasteiger partial charge is 0.410 e. The summed E-state index contributed by atoms with van der Waals surface area (Å²) in [4.78, 5) is 44.7. The van der Waals surface area contributed by atoms with Gasteiger partial charge >= 0.3 is 6.09 Å². The molecule has 1 aromatic carbocycles. The second-order valence-corrected chi connectivity index (χ2v) is 9.41. The van der Waals surface area contributed by atoms with Crippen molar-refractivity contribution in [3.8, 4) is 0 Å². The summed E-state index contributed by atoms with van der Waals surface area (Å²) in [7, 11) is 0. The molecule has 2 saturated heterocycles. The summed E-state index contributed by atoms with van der Waals surface area (Å²) in [6, 6.07) is 8.80. The van der Waals surface area contributed by atoms with Crippen LogP contribution in [0, 0.1) is 0 Å². The maximum Gasteiger partial charge on any atom is 0.410 e. The predicted molar refractivity (Wildman–Crippen MR) is 124 cm³/mol. The van der Waals surface area contributed by atoms with Gasteiger partial charge in [-0.3, -0.25) is 14.5 Å². The second kappa shape index (κ2) is 11.0. The van der Waals surface area contributed by atoms with Gasteiger partial charge in [0.2, 0.25) is 5.91 Å². The van der Waals surface area contributed by atoms with Crippen LogP contribution in [0.15, 0.2) is 30.3 Å². The van der Waals surface area contributed by atoms with Gasteiger partial charge in [0.25, 0.3) is 5.91 Å². The summed E-state index contributed by atoms with van der Waals surface area (Å²) < 4.78 is 5.52. The molecule has 1 aromatic rings. The molecule has 0 bridgehead atoms. The first-order valence-electron chi connectivity index (χ1n) is 12.4. The number of hydrogen-bond acceptors (Lipinski definition) is 5. The molecule has 3 fully saturated rings. The Morgan fingerprint density at radius 2 is 1.64 bits per heavy atom. The minimum atomic E-state index is -0.999. The van der Waals surface area contributed by atoms with E-state index in [0.29, 0.717) is 26.1 Å². The Balaban J connectivity index is 1.47. The van der Waals surface area contributed by atoms with E-state index in [9.17, 15) is 14.4 Å². The first-order chi connectivity index (χ1) is 16.1. The van der Waals surface area contributed by atoms with Crippen molar-refractivity contribution in [1.82, 2.24) is 14.7 Å². The fourth-order valence-electron chi connectivity index (χ4n) is 5.36. The van der Waals surface area contributed by atoms with Crippen LogP contribution in [0.25, 0.3) is 0 Å². The zero-order chi connectivity index (χ0) is 23.2. The average Bonchev–Trinajstić information content (AvgIpc) is 3.56. The summed E-state index contributed by atoms with van der Waals surface area (Å²) in [5.74, 6) is -0.390. The molecule has 8 nitrogen and oxygen atoms in total. The zero-order valence-corrected chi connectivity index (χ0v) is 19.4. The minimum absolute atomic E-state index is 0.0596. The molecule has 2 atom stereocenters. The molecule has 2 unspecified atom stereocenters. The van der Waals surface area contributed by atoms with E-state index in [1.54, 1.807) is 9.80 Å². The van der Waals surface area contributed by atoms with Crippen LogP contribution >= 0.6 is 0 Å². The Kier molecular flexibility index (Phi) is 7.85. The molecule has 2 aliphatic heterocycles. The van der Waals surface area contributed by atoms with Gasteiger partial charge in [-0.1, -0.05) is 49.6 Å². The minimum Gasteiger partial charge on any atom is -0.445 e. The van der Waals surface area contributed by atoms with Gasteiger partial charge in [-0.05, 0) is 44.1 Å². The highest BCUT2D eigenvalue weighted by Gasteiger charge is 2.43. The van der Waals surface area contributed by atoms with Gasteiger partial charge in [-0.2, -0.15) is 0 Å². The Bertz CT molecular complexity index is 821. The molecular formula is C25H36N4O4. The quantitative estimate of drug-likeness (QED) is 0.664. The molecular weight excluding hydrogens is 420 g/mol. The van der Waals surface area contributed by atoms with Crippen molar-refractivity contribution in [3.05, 3.63) is 35.9 Å². The number of amides is 3. The molecule has 0 spiro atoms. The number of carbonyl (C=O) groups is 3. The van der Waals surface area contributed by atoms with Crippen LogP contribution in [-0.4, -0.2) is 70.5 Å². The number of nitrogens with two attached hydrogens (primary N) is 1. The normalized spacial score (nSPS) is 22.3. The van der Waals surface area contributed by atoms with Crippen molar-refractivity contribution in [1.29, 1.82) is 0 Å². The lowest BCUT2D eigenvalue weighted by atomic mass is 9.93. The van der Waals surface area contributed by atoms with E-state index in [0.717, 1.165) is 56.9 Å². The molecule has 3 amide bonds. The molecule has 0 radical (unpaired) electrons. The molecule has 33 heavy (non-hydrogen) atoms. The van der Waals surface area contributed by atoms with E-state index in [2.05, 4.69) is 0 Å². The van der Waals surface area contributed by atoms with E-state index >= 15 is 0 Å². The molecule has 2 heterocycles. The number of rotatable bonds is 6. The first-order valence-corrected chi connectivity index (χ1v) is 12.4. The van der Waals surface area contributed by atoms with Gasteiger partial charge in [0.05, 0.1) is 0 Å². The van der Waals surface area contributed by atoms with Crippen molar-refractivity contribution in [2.24, 2.45) is 5.73 Å². The molecule has 0 aromatic heterocycles. The molecule has 1 saturated carbocycles. The molecule has 180 valence electrons. The van der Waals surface area contributed by atoms with Gasteiger partial charge in [0, 0.05) is 25.7 Å². The van der Waals surface area contributed by atoms with Crippen LogP contribution in [-0.2, 0) is 20.9 Å². The van der Waals surface area contributed by atoms with Crippen molar-refractivity contribution in [2.75, 3.05) is 19.6 Å². The Morgan fingerprint density at radius 1 is 0.939 bits per heavy atom. The third kappa shape index (κ3) is 5.49. The number of ether oxygens (including phenoxy) is 1. The Labute approximate surface area is 196 Å². The summed E-state index contributed by atoms with van der Waals surface area (Å²) in [5, 5.41) is 0. The van der Waals surface area contributed by atoms with Crippen molar-refractivity contribution in [2.45, 2.75) is 82.6 Å². The Morgan fingerprint density at radius 3 is 2.33 bits per heavy atom. The van der Waals surface area contributed by atoms with E-state index < -0.39 is 18.3 Å². The lowest BCUT2D eigenvalue weighted by Crippen LogP contribution is -2.62. The highest BCUT2D eigenvalue weighted by Crippen LogP contribution is 2.28. The van der Waals surface area contributed by atoms with Crippen molar-refractivity contribution in [3.63, 3.8) is 0 Å². The van der Waals surface area contributed by atoms with E-state index in [1.165, 1.54) is 4.90 Å². The van der Waals surface area contributed by atoms with E-state index in [-0.39, 0.29) is 24.5 Å². The second-order valence-electron chi connectivity index (χ2n) is 9.41. The average molecular weight is 457 g/mol. The van der Waals surface area contributed by atoms with Gasteiger partial charge in [-0.15, -0.1) is 0 Å². The fourth-order valence-corrected chi connectivity index (χ4v) is 5.36. The highest BCUT2D eigenvalue weighted by molar-refractivity contribution is 5.91. The number of benzene rings is 1. The van der Waals surface area contributed by atoms with E-state index in [4.69, 9.17) is 10.5 Å². The molecule has 4 rings (SSSR count). The SMILES string of the molecule is NC(C(=O)N1CCCC1)N(C(=O)C1CCCN1C(=O)OCc1ccccc1)C1CCCCC1. The number of nitrogens with zero attached hydrogens (tertiary/aromatic N) is 3. The lowest BCUT2D eigenvalue weighted by Gasteiger charge is -2.41. The molecule has 1 aliphatic carbocycles. The van der Waals surface area contributed by atoms with Gasteiger partial charge in [-0.25, -0.2) is 4.79 Å². The Hall–Kier alpha value is -2.61. The van der Waals surface area contributed by atoms with Gasteiger partial charge < -0.3 is 20.3 Å². The summed E-state index contributed by atoms with van der Waals surface area (Å²) >= 11 is 0. The first kappa shape index (κ1) is 23.5. The summed E-state index contributed by atoms with van der Waals surface area (Å²) in [6.07, 6.45) is 6.61. The molecule has 3 aliphatic rings. The topological polar surface area (TPSA) is 96.2 Å². The van der Waals surface area contributed by atoms with Crippen LogP contribution in [0.2, 0.25) is 0 Å². The lowest BCUT2D eigenvalue weighted by molar-refractivity contribution is -0.151. The summed E-state index contributed by atoms with van der Waals surface area (Å²) in [5.41, 5.74) is 7.37. The molecule has 2 N–H and O–H groups in total. The predicted octanol–water partition coefficient (Wildman–Crippen LogP) is 2.86. The fraction of sp³-hybridized carbons (Fsp3) is 0.640. The van der Waals surface area contributed by atoms with Crippen molar-refractivity contribution >= 4 is 17.9 Å².